The van der Waals surface area contributed by atoms with Crippen LogP contribution in [0.2, 0.25) is 0 Å². The lowest BCUT2D eigenvalue weighted by Crippen LogP contribution is -2.32. The van der Waals surface area contributed by atoms with E-state index in [-0.39, 0.29) is 5.41 Å². The topological polar surface area (TPSA) is 56.7 Å². The Labute approximate surface area is 85.5 Å². The Kier molecular flexibility index (Phi) is 2.95. The molecule has 0 amide bonds. The highest BCUT2D eigenvalue weighted by molar-refractivity contribution is 5.08. The average molecular weight is 196 g/mol. The van der Waals surface area contributed by atoms with E-state index in [2.05, 4.69) is 42.5 Å². The van der Waals surface area contributed by atoms with Crippen molar-refractivity contribution in [3.8, 4) is 0 Å². The van der Waals surface area contributed by atoms with Crippen LogP contribution < -0.4 is 5.73 Å². The zero-order valence-electron chi connectivity index (χ0n) is 9.70. The third-order valence-electron chi connectivity index (χ3n) is 2.50. The molecule has 4 heteroatoms. The van der Waals surface area contributed by atoms with E-state index in [9.17, 15) is 0 Å². The van der Waals surface area contributed by atoms with Gasteiger partial charge in [0, 0.05) is 18.0 Å². The van der Waals surface area contributed by atoms with E-state index >= 15 is 0 Å². The van der Waals surface area contributed by atoms with Crippen molar-refractivity contribution in [1.82, 2.24) is 14.8 Å². The minimum atomic E-state index is -0.106. The zero-order valence-corrected chi connectivity index (χ0v) is 9.70. The highest BCUT2D eigenvalue weighted by atomic mass is 15.3. The molecule has 0 saturated carbocycles. The summed E-state index contributed by atoms with van der Waals surface area (Å²) >= 11 is 0. The molecule has 1 aromatic rings. The van der Waals surface area contributed by atoms with E-state index in [0.29, 0.717) is 12.6 Å². The van der Waals surface area contributed by atoms with E-state index in [1.54, 1.807) is 0 Å². The van der Waals surface area contributed by atoms with Crippen LogP contribution >= 0.6 is 0 Å². The van der Waals surface area contributed by atoms with Gasteiger partial charge in [0.15, 0.2) is 0 Å². The summed E-state index contributed by atoms with van der Waals surface area (Å²) in [5.41, 5.74) is 5.63. The molecular formula is C10H20N4. The van der Waals surface area contributed by atoms with Crippen LogP contribution in [-0.4, -0.2) is 21.3 Å². The van der Waals surface area contributed by atoms with Gasteiger partial charge in [-0.3, -0.25) is 0 Å². The van der Waals surface area contributed by atoms with E-state index in [0.717, 1.165) is 11.6 Å². The minimum absolute atomic E-state index is 0.106. The van der Waals surface area contributed by atoms with Gasteiger partial charge in [0.2, 0.25) is 0 Å². The van der Waals surface area contributed by atoms with Crippen molar-refractivity contribution >= 4 is 0 Å². The second-order valence-corrected chi connectivity index (χ2v) is 4.62. The molecule has 1 heterocycles. The largest absolute Gasteiger partial charge is 0.329 e. The summed E-state index contributed by atoms with van der Waals surface area (Å²) < 4.78 is 2.15. The van der Waals surface area contributed by atoms with Gasteiger partial charge in [-0.05, 0) is 20.8 Å². The summed E-state index contributed by atoms with van der Waals surface area (Å²) in [7, 11) is 0. The van der Waals surface area contributed by atoms with Crippen molar-refractivity contribution in [3.05, 3.63) is 11.6 Å². The fourth-order valence-corrected chi connectivity index (χ4v) is 1.54. The Morgan fingerprint density at radius 1 is 1.36 bits per heavy atom. The van der Waals surface area contributed by atoms with Gasteiger partial charge >= 0.3 is 0 Å². The van der Waals surface area contributed by atoms with Gasteiger partial charge in [-0.2, -0.15) is 0 Å². The second kappa shape index (κ2) is 3.69. The first-order valence-electron chi connectivity index (χ1n) is 5.02. The third-order valence-corrected chi connectivity index (χ3v) is 2.50. The molecule has 0 radical (unpaired) electrons. The highest BCUT2D eigenvalue weighted by Gasteiger charge is 2.27. The lowest BCUT2D eigenvalue weighted by Gasteiger charge is -2.24. The van der Waals surface area contributed by atoms with Gasteiger partial charge in [-0.25, -0.2) is 0 Å². The smallest absolute Gasteiger partial charge is 0.140 e. The molecule has 1 aromatic heterocycles. The van der Waals surface area contributed by atoms with Crippen molar-refractivity contribution in [3.63, 3.8) is 0 Å². The summed E-state index contributed by atoms with van der Waals surface area (Å²) in [5, 5.41) is 8.32. The van der Waals surface area contributed by atoms with Crippen LogP contribution in [0.25, 0.3) is 0 Å². The molecule has 80 valence electrons. The van der Waals surface area contributed by atoms with E-state index in [1.165, 1.54) is 0 Å². The predicted octanol–water partition coefficient (Wildman–Crippen LogP) is 1.40. The van der Waals surface area contributed by atoms with Gasteiger partial charge in [-0.15, -0.1) is 10.2 Å². The van der Waals surface area contributed by atoms with Crippen molar-refractivity contribution in [2.45, 2.75) is 46.1 Å². The van der Waals surface area contributed by atoms with Crippen LogP contribution in [-0.2, 0) is 5.41 Å². The van der Waals surface area contributed by atoms with Crippen LogP contribution in [0.4, 0.5) is 0 Å². The number of nitrogens with two attached hydrogens (primary N) is 1. The molecule has 4 nitrogen and oxygen atoms in total. The molecule has 0 atom stereocenters. The molecule has 0 aliphatic heterocycles. The fraction of sp³-hybridized carbons (Fsp3) is 0.800. The molecule has 0 unspecified atom stereocenters. The number of hydrogen-bond donors (Lipinski definition) is 1. The lowest BCUT2D eigenvalue weighted by molar-refractivity contribution is 0.441. The van der Waals surface area contributed by atoms with Gasteiger partial charge in [0.25, 0.3) is 0 Å². The standard InChI is InChI=1S/C10H20N4/c1-7(2)14-8(3)12-13-9(14)10(4,5)6-11/h7H,6,11H2,1-5H3. The van der Waals surface area contributed by atoms with Gasteiger partial charge in [0.05, 0.1) is 0 Å². The molecule has 0 aromatic carbocycles. The highest BCUT2D eigenvalue weighted by Crippen LogP contribution is 2.23. The summed E-state index contributed by atoms with van der Waals surface area (Å²) in [6.07, 6.45) is 0. The first kappa shape index (κ1) is 11.2. The molecule has 0 spiro atoms. The van der Waals surface area contributed by atoms with Crippen LogP contribution in [0.3, 0.4) is 0 Å². The lowest BCUT2D eigenvalue weighted by atomic mass is 9.92. The SMILES string of the molecule is Cc1nnc(C(C)(C)CN)n1C(C)C. The molecule has 2 N–H and O–H groups in total. The van der Waals surface area contributed by atoms with E-state index in [4.69, 9.17) is 5.73 Å². The Morgan fingerprint density at radius 3 is 2.36 bits per heavy atom. The molecular weight excluding hydrogens is 176 g/mol. The summed E-state index contributed by atoms with van der Waals surface area (Å²) in [6.45, 7) is 11.0. The second-order valence-electron chi connectivity index (χ2n) is 4.62. The molecule has 0 aliphatic carbocycles. The summed E-state index contributed by atoms with van der Waals surface area (Å²) in [6, 6.07) is 0.380. The predicted molar refractivity (Wildman–Crippen MR) is 57.2 cm³/mol. The van der Waals surface area contributed by atoms with Crippen molar-refractivity contribution in [1.29, 1.82) is 0 Å². The summed E-state index contributed by atoms with van der Waals surface area (Å²) in [5.74, 6) is 1.93. The molecule has 1 rings (SSSR count). The van der Waals surface area contributed by atoms with Gasteiger partial charge in [0.1, 0.15) is 11.6 Å². The number of rotatable bonds is 3. The average Bonchev–Trinajstić information content (AvgIpc) is 2.47. The van der Waals surface area contributed by atoms with Crippen molar-refractivity contribution in [2.24, 2.45) is 5.73 Å². The van der Waals surface area contributed by atoms with Gasteiger partial charge < -0.3 is 10.3 Å². The number of aromatic nitrogens is 3. The monoisotopic (exact) mass is 196 g/mol. The number of aryl methyl sites for hydroxylation is 1. The van der Waals surface area contributed by atoms with Crippen LogP contribution in [0.5, 0.6) is 0 Å². The number of nitrogens with zero attached hydrogens (tertiary/aromatic N) is 3. The maximum absolute atomic E-state index is 5.74. The first-order valence-corrected chi connectivity index (χ1v) is 5.02. The first-order chi connectivity index (χ1) is 6.40. The maximum atomic E-state index is 5.74. The van der Waals surface area contributed by atoms with Crippen LogP contribution in [0.15, 0.2) is 0 Å². The molecule has 14 heavy (non-hydrogen) atoms. The van der Waals surface area contributed by atoms with Gasteiger partial charge in [-0.1, -0.05) is 13.8 Å². The Balaban J connectivity index is 3.22. The number of hydrogen-bond acceptors (Lipinski definition) is 3. The van der Waals surface area contributed by atoms with Crippen molar-refractivity contribution < 1.29 is 0 Å². The van der Waals surface area contributed by atoms with Crippen molar-refractivity contribution in [2.75, 3.05) is 6.54 Å². The quantitative estimate of drug-likeness (QED) is 0.795. The molecule has 0 saturated heterocycles. The van der Waals surface area contributed by atoms with Crippen LogP contribution in [0, 0.1) is 6.92 Å². The third kappa shape index (κ3) is 1.80. The van der Waals surface area contributed by atoms with E-state index < -0.39 is 0 Å². The Hall–Kier alpha value is -0.900. The molecule has 0 fully saturated rings. The fourth-order valence-electron chi connectivity index (χ4n) is 1.54. The zero-order chi connectivity index (χ0) is 10.9. The Morgan fingerprint density at radius 2 is 1.93 bits per heavy atom. The summed E-state index contributed by atoms with van der Waals surface area (Å²) in [4.78, 5) is 0. The molecule has 0 aliphatic rings. The molecule has 0 bridgehead atoms. The minimum Gasteiger partial charge on any atom is -0.329 e. The van der Waals surface area contributed by atoms with Crippen LogP contribution in [0.1, 0.15) is 45.4 Å². The Bertz CT molecular complexity index is 312. The maximum Gasteiger partial charge on any atom is 0.140 e. The van der Waals surface area contributed by atoms with E-state index in [1.807, 2.05) is 6.92 Å². The normalized spacial score (nSPS) is 12.5.